The molecule has 0 unspecified atom stereocenters. The van der Waals surface area contributed by atoms with Crippen molar-refractivity contribution in [1.82, 2.24) is 9.78 Å². The molecule has 3 aromatic heterocycles. The second-order valence-corrected chi connectivity index (χ2v) is 8.09. The minimum atomic E-state index is -0.775. The van der Waals surface area contributed by atoms with Crippen molar-refractivity contribution < 1.29 is 28.3 Å². The number of hydrogen-bond donors (Lipinski definition) is 1. The van der Waals surface area contributed by atoms with Crippen LogP contribution in [0.3, 0.4) is 0 Å². The first-order chi connectivity index (χ1) is 16.5. The van der Waals surface area contributed by atoms with Crippen LogP contribution in [0.25, 0.3) is 10.4 Å². The Bertz CT molecular complexity index is 1280. The number of ether oxygens (including phenoxy) is 2. The lowest BCUT2D eigenvalue weighted by Crippen LogP contribution is -2.21. The van der Waals surface area contributed by atoms with E-state index < -0.39 is 24.5 Å². The van der Waals surface area contributed by atoms with Crippen molar-refractivity contribution in [3.63, 3.8) is 0 Å². The minimum Gasteiger partial charge on any atom is -0.462 e. The average Bonchev–Trinajstić information content (AvgIpc) is 3.60. The molecule has 9 nitrogen and oxygen atoms in total. The Morgan fingerprint density at radius 2 is 1.88 bits per heavy atom. The van der Waals surface area contributed by atoms with Crippen LogP contribution >= 0.6 is 11.3 Å². The summed E-state index contributed by atoms with van der Waals surface area (Å²) in [6.45, 7) is 1.72. The molecule has 0 saturated heterocycles. The molecule has 174 valence electrons. The summed E-state index contributed by atoms with van der Waals surface area (Å²) in [5, 5.41) is 6.71. The third-order valence-electron chi connectivity index (χ3n) is 4.60. The van der Waals surface area contributed by atoms with E-state index in [9.17, 15) is 14.4 Å². The Balaban J connectivity index is 1.39. The van der Waals surface area contributed by atoms with E-state index >= 15 is 0 Å². The third kappa shape index (κ3) is 5.59. The fourth-order valence-corrected chi connectivity index (χ4v) is 4.10. The molecule has 1 aromatic carbocycles. The van der Waals surface area contributed by atoms with E-state index in [-0.39, 0.29) is 17.2 Å². The number of aromatic nitrogens is 2. The average molecular weight is 480 g/mol. The lowest BCUT2D eigenvalue weighted by atomic mass is 10.2. The fourth-order valence-electron chi connectivity index (χ4n) is 3.09. The highest BCUT2D eigenvalue weighted by Crippen LogP contribution is 2.35. The van der Waals surface area contributed by atoms with E-state index in [0.717, 1.165) is 10.4 Å². The van der Waals surface area contributed by atoms with Crippen LogP contribution in [0.2, 0.25) is 0 Å². The highest BCUT2D eigenvalue weighted by Gasteiger charge is 2.21. The molecule has 1 amide bonds. The maximum Gasteiger partial charge on any atom is 0.374 e. The van der Waals surface area contributed by atoms with Crippen molar-refractivity contribution in [1.29, 1.82) is 0 Å². The molecule has 0 fully saturated rings. The van der Waals surface area contributed by atoms with Gasteiger partial charge in [0, 0.05) is 17.3 Å². The van der Waals surface area contributed by atoms with Crippen molar-refractivity contribution >= 4 is 34.9 Å². The van der Waals surface area contributed by atoms with Gasteiger partial charge in [0.05, 0.1) is 18.8 Å². The maximum absolute atomic E-state index is 12.5. The predicted octanol–water partition coefficient (Wildman–Crippen LogP) is 4.23. The summed E-state index contributed by atoms with van der Waals surface area (Å²) in [7, 11) is 0. The molecule has 10 heteroatoms. The van der Waals surface area contributed by atoms with E-state index in [1.54, 1.807) is 42.2 Å². The van der Waals surface area contributed by atoms with Crippen LogP contribution in [0.4, 0.5) is 5.69 Å². The third-order valence-corrected chi connectivity index (χ3v) is 5.76. The SMILES string of the molecule is CCOC(=O)c1sc(-c2ccccc2)cc1NC(=O)COC(=O)c1ccc(Cn2cccn2)o1. The van der Waals surface area contributed by atoms with E-state index in [4.69, 9.17) is 13.9 Å². The number of nitrogens with zero attached hydrogens (tertiary/aromatic N) is 2. The van der Waals surface area contributed by atoms with E-state index in [1.165, 1.54) is 17.4 Å². The van der Waals surface area contributed by atoms with E-state index in [1.807, 2.05) is 30.3 Å². The van der Waals surface area contributed by atoms with Crippen molar-refractivity contribution in [3.05, 3.63) is 83.4 Å². The molecule has 0 aliphatic heterocycles. The van der Waals surface area contributed by atoms with Gasteiger partial charge in [-0.3, -0.25) is 9.48 Å². The smallest absolute Gasteiger partial charge is 0.374 e. The zero-order valence-electron chi connectivity index (χ0n) is 18.2. The van der Waals surface area contributed by atoms with Crippen molar-refractivity contribution in [2.75, 3.05) is 18.5 Å². The Morgan fingerprint density at radius 3 is 2.62 bits per heavy atom. The standard InChI is InChI=1S/C24H21N3O6S/c1-2-31-24(30)22-18(13-20(34-22)16-7-4-3-5-8-16)26-21(28)15-32-23(29)19-10-9-17(33-19)14-27-12-6-11-25-27/h3-13H,2,14-15H2,1H3,(H,26,28). The minimum absolute atomic E-state index is 0.0240. The van der Waals surface area contributed by atoms with Gasteiger partial charge in [-0.2, -0.15) is 5.10 Å². The lowest BCUT2D eigenvalue weighted by molar-refractivity contribution is -0.119. The number of rotatable bonds is 9. The van der Waals surface area contributed by atoms with Crippen LogP contribution in [0.1, 0.15) is 32.9 Å². The highest BCUT2D eigenvalue weighted by atomic mass is 32.1. The van der Waals surface area contributed by atoms with Gasteiger partial charge in [-0.15, -0.1) is 11.3 Å². The van der Waals surface area contributed by atoms with E-state index in [2.05, 4.69) is 10.4 Å². The summed E-state index contributed by atoms with van der Waals surface area (Å²) in [5.41, 5.74) is 1.19. The number of thiophene rings is 1. The molecule has 0 spiro atoms. The quantitative estimate of drug-likeness (QED) is 0.358. The first-order valence-electron chi connectivity index (χ1n) is 10.4. The number of amides is 1. The monoisotopic (exact) mass is 479 g/mol. The normalized spacial score (nSPS) is 10.6. The summed E-state index contributed by atoms with van der Waals surface area (Å²) in [4.78, 5) is 38.2. The van der Waals surface area contributed by atoms with Gasteiger partial charge in [0.15, 0.2) is 6.61 Å². The highest BCUT2D eigenvalue weighted by molar-refractivity contribution is 7.18. The van der Waals surface area contributed by atoms with Crippen LogP contribution in [-0.4, -0.2) is 40.8 Å². The molecular formula is C24H21N3O6S. The number of hydrogen-bond acceptors (Lipinski definition) is 8. The molecule has 0 bridgehead atoms. The molecule has 0 saturated carbocycles. The van der Waals surface area contributed by atoms with Crippen LogP contribution < -0.4 is 5.32 Å². The van der Waals surface area contributed by atoms with Gasteiger partial charge < -0.3 is 19.2 Å². The molecule has 3 heterocycles. The molecular weight excluding hydrogens is 458 g/mol. The van der Waals surface area contributed by atoms with Crippen LogP contribution in [0.15, 0.2) is 71.4 Å². The van der Waals surface area contributed by atoms with Crippen LogP contribution in [0.5, 0.6) is 0 Å². The molecule has 0 aliphatic carbocycles. The largest absolute Gasteiger partial charge is 0.462 e. The van der Waals surface area contributed by atoms with Gasteiger partial charge in [-0.25, -0.2) is 9.59 Å². The number of esters is 2. The van der Waals surface area contributed by atoms with Gasteiger partial charge in [0.25, 0.3) is 5.91 Å². The Labute approximate surface area is 198 Å². The number of nitrogens with one attached hydrogen (secondary N) is 1. The lowest BCUT2D eigenvalue weighted by Gasteiger charge is -2.06. The molecule has 0 radical (unpaired) electrons. The summed E-state index contributed by atoms with van der Waals surface area (Å²) in [6, 6.07) is 16.0. The summed E-state index contributed by atoms with van der Waals surface area (Å²) in [6.07, 6.45) is 3.41. The summed E-state index contributed by atoms with van der Waals surface area (Å²) in [5.74, 6) is -1.42. The van der Waals surface area contributed by atoms with Crippen molar-refractivity contribution in [2.24, 2.45) is 0 Å². The van der Waals surface area contributed by atoms with Crippen molar-refractivity contribution in [3.8, 4) is 10.4 Å². The maximum atomic E-state index is 12.5. The molecule has 4 rings (SSSR count). The summed E-state index contributed by atoms with van der Waals surface area (Å²) < 4.78 is 17.3. The first-order valence-corrected chi connectivity index (χ1v) is 11.2. The number of anilines is 1. The topological polar surface area (TPSA) is 113 Å². The Kier molecular flexibility index (Phi) is 7.19. The molecule has 4 aromatic rings. The number of carbonyl (C=O) groups is 3. The second-order valence-electron chi connectivity index (χ2n) is 7.03. The van der Waals surface area contributed by atoms with Gasteiger partial charge in [-0.1, -0.05) is 30.3 Å². The molecule has 0 atom stereocenters. The van der Waals surface area contributed by atoms with Gasteiger partial charge in [-0.05, 0) is 36.8 Å². The number of carbonyl (C=O) groups excluding carboxylic acids is 3. The first kappa shape index (κ1) is 23.0. The van der Waals surface area contributed by atoms with Gasteiger partial charge >= 0.3 is 11.9 Å². The van der Waals surface area contributed by atoms with Crippen LogP contribution in [-0.2, 0) is 20.8 Å². The second kappa shape index (κ2) is 10.6. The molecule has 1 N–H and O–H groups in total. The zero-order valence-corrected chi connectivity index (χ0v) is 19.0. The van der Waals surface area contributed by atoms with Gasteiger partial charge in [0.1, 0.15) is 10.6 Å². The number of benzene rings is 1. The van der Waals surface area contributed by atoms with Crippen molar-refractivity contribution in [2.45, 2.75) is 13.5 Å². The number of furan rings is 1. The van der Waals surface area contributed by atoms with Crippen LogP contribution in [0, 0.1) is 0 Å². The predicted molar refractivity (Wildman–Crippen MR) is 125 cm³/mol. The fraction of sp³-hybridized carbons (Fsp3) is 0.167. The Morgan fingerprint density at radius 1 is 1.06 bits per heavy atom. The Hall–Kier alpha value is -4.18. The zero-order chi connectivity index (χ0) is 23.9. The van der Waals surface area contributed by atoms with Gasteiger partial charge in [0.2, 0.25) is 5.76 Å². The van der Waals surface area contributed by atoms with E-state index in [0.29, 0.717) is 18.0 Å². The molecule has 0 aliphatic rings. The molecule has 34 heavy (non-hydrogen) atoms. The summed E-state index contributed by atoms with van der Waals surface area (Å²) >= 11 is 1.21.